The first-order valence-electron chi connectivity index (χ1n) is 7.25. The Bertz CT molecular complexity index is 544. The first kappa shape index (κ1) is 11.2. The van der Waals surface area contributed by atoms with Crippen LogP contribution in [0.25, 0.3) is 0 Å². The SMILES string of the molecule is c1ccc(CN2C[C@H]3C[C@@H](C2)c2ccccc23)cc1. The molecule has 1 heteroatoms. The topological polar surface area (TPSA) is 3.24 Å². The smallest absolute Gasteiger partial charge is 0.0234 e. The molecule has 1 saturated heterocycles. The van der Waals surface area contributed by atoms with Crippen LogP contribution in [-0.2, 0) is 6.54 Å². The molecule has 2 aromatic carbocycles. The molecule has 0 amide bonds. The average molecular weight is 249 g/mol. The van der Waals surface area contributed by atoms with Crippen LogP contribution in [0.1, 0.15) is 34.9 Å². The highest BCUT2D eigenvalue weighted by Gasteiger charge is 2.36. The van der Waals surface area contributed by atoms with E-state index >= 15 is 0 Å². The van der Waals surface area contributed by atoms with Gasteiger partial charge in [0.1, 0.15) is 0 Å². The molecule has 2 atom stereocenters. The lowest BCUT2D eigenvalue weighted by molar-refractivity contribution is 0.195. The van der Waals surface area contributed by atoms with Crippen molar-refractivity contribution < 1.29 is 0 Å². The zero-order chi connectivity index (χ0) is 12.7. The van der Waals surface area contributed by atoms with Gasteiger partial charge in [0.05, 0.1) is 0 Å². The molecule has 0 radical (unpaired) electrons. The normalized spacial score (nSPS) is 25.3. The molecule has 0 unspecified atom stereocenters. The second-order valence-electron chi connectivity index (χ2n) is 5.94. The highest BCUT2D eigenvalue weighted by Crippen LogP contribution is 2.45. The number of benzene rings is 2. The maximum absolute atomic E-state index is 2.63. The molecular weight excluding hydrogens is 230 g/mol. The quantitative estimate of drug-likeness (QED) is 0.783. The summed E-state index contributed by atoms with van der Waals surface area (Å²) in [6.07, 6.45) is 1.37. The summed E-state index contributed by atoms with van der Waals surface area (Å²) in [4.78, 5) is 2.63. The lowest BCUT2D eigenvalue weighted by atomic mass is 9.95. The number of hydrogen-bond acceptors (Lipinski definition) is 1. The summed E-state index contributed by atoms with van der Waals surface area (Å²) >= 11 is 0. The molecular formula is C18H19N. The van der Waals surface area contributed by atoms with Crippen molar-refractivity contribution in [1.29, 1.82) is 0 Å². The Kier molecular flexibility index (Phi) is 2.66. The van der Waals surface area contributed by atoms with Gasteiger partial charge in [0, 0.05) is 19.6 Å². The van der Waals surface area contributed by atoms with Crippen molar-refractivity contribution in [1.82, 2.24) is 4.90 Å². The molecule has 1 fully saturated rings. The van der Waals surface area contributed by atoms with Gasteiger partial charge in [-0.15, -0.1) is 0 Å². The Morgan fingerprint density at radius 3 is 2.00 bits per heavy atom. The summed E-state index contributed by atoms with van der Waals surface area (Å²) in [5.41, 5.74) is 4.67. The van der Waals surface area contributed by atoms with Crippen LogP contribution in [0.5, 0.6) is 0 Å². The van der Waals surface area contributed by atoms with E-state index in [1.807, 2.05) is 0 Å². The molecule has 2 aliphatic rings. The van der Waals surface area contributed by atoms with Crippen LogP contribution in [-0.4, -0.2) is 18.0 Å². The van der Waals surface area contributed by atoms with Gasteiger partial charge in [-0.3, -0.25) is 4.90 Å². The predicted octanol–water partition coefficient (Wildman–Crippen LogP) is 3.77. The maximum Gasteiger partial charge on any atom is 0.0234 e. The summed E-state index contributed by atoms with van der Waals surface area (Å²) in [6, 6.07) is 19.9. The molecule has 0 N–H and O–H groups in total. The Morgan fingerprint density at radius 2 is 1.37 bits per heavy atom. The van der Waals surface area contributed by atoms with Crippen LogP contribution in [0.2, 0.25) is 0 Å². The summed E-state index contributed by atoms with van der Waals surface area (Å²) in [5, 5.41) is 0. The van der Waals surface area contributed by atoms with Crippen LogP contribution in [0.4, 0.5) is 0 Å². The van der Waals surface area contributed by atoms with E-state index in [0.29, 0.717) is 0 Å². The minimum Gasteiger partial charge on any atom is -0.298 e. The second kappa shape index (κ2) is 4.50. The molecule has 1 heterocycles. The molecule has 4 rings (SSSR count). The second-order valence-corrected chi connectivity index (χ2v) is 5.94. The van der Waals surface area contributed by atoms with E-state index in [2.05, 4.69) is 59.5 Å². The zero-order valence-electron chi connectivity index (χ0n) is 11.1. The molecule has 19 heavy (non-hydrogen) atoms. The lowest BCUT2D eigenvalue weighted by Crippen LogP contribution is -2.34. The van der Waals surface area contributed by atoms with E-state index in [0.717, 1.165) is 18.4 Å². The Balaban J connectivity index is 1.55. The summed E-state index contributed by atoms with van der Waals surface area (Å²) in [5.74, 6) is 1.53. The van der Waals surface area contributed by atoms with E-state index in [1.54, 1.807) is 11.1 Å². The number of fused-ring (bicyclic) bond motifs is 5. The minimum atomic E-state index is 0.763. The summed E-state index contributed by atoms with van der Waals surface area (Å²) in [7, 11) is 0. The van der Waals surface area contributed by atoms with Gasteiger partial charge in [-0.05, 0) is 34.9 Å². The molecule has 0 saturated carbocycles. The summed E-state index contributed by atoms with van der Waals surface area (Å²) < 4.78 is 0. The number of likely N-dealkylation sites (tertiary alicyclic amines) is 1. The van der Waals surface area contributed by atoms with Gasteiger partial charge < -0.3 is 0 Å². The van der Waals surface area contributed by atoms with E-state index in [4.69, 9.17) is 0 Å². The van der Waals surface area contributed by atoms with Gasteiger partial charge in [-0.2, -0.15) is 0 Å². The Hall–Kier alpha value is -1.60. The van der Waals surface area contributed by atoms with Crippen molar-refractivity contribution in [2.24, 2.45) is 0 Å². The van der Waals surface area contributed by atoms with Crippen molar-refractivity contribution in [3.05, 3.63) is 71.3 Å². The first-order chi connectivity index (χ1) is 9.40. The highest BCUT2D eigenvalue weighted by atomic mass is 15.1. The Morgan fingerprint density at radius 1 is 0.789 bits per heavy atom. The summed E-state index contributed by atoms with van der Waals surface area (Å²) in [6.45, 7) is 3.55. The van der Waals surface area contributed by atoms with Crippen LogP contribution in [0, 0.1) is 0 Å². The highest BCUT2D eigenvalue weighted by molar-refractivity contribution is 5.40. The number of nitrogens with zero attached hydrogens (tertiary/aromatic N) is 1. The van der Waals surface area contributed by atoms with Crippen molar-refractivity contribution in [3.8, 4) is 0 Å². The van der Waals surface area contributed by atoms with Gasteiger partial charge in [0.2, 0.25) is 0 Å². The van der Waals surface area contributed by atoms with Crippen molar-refractivity contribution in [2.75, 3.05) is 13.1 Å². The Labute approximate surface area is 114 Å². The molecule has 0 aromatic heterocycles. The minimum absolute atomic E-state index is 0.763. The predicted molar refractivity (Wildman–Crippen MR) is 78.3 cm³/mol. The van der Waals surface area contributed by atoms with Crippen molar-refractivity contribution in [3.63, 3.8) is 0 Å². The third-order valence-corrected chi connectivity index (χ3v) is 4.65. The van der Waals surface area contributed by atoms with Gasteiger partial charge in [-0.25, -0.2) is 0 Å². The number of hydrogen-bond donors (Lipinski definition) is 0. The molecule has 1 nitrogen and oxygen atoms in total. The van der Waals surface area contributed by atoms with Gasteiger partial charge in [-0.1, -0.05) is 54.6 Å². The average Bonchev–Trinajstić information content (AvgIpc) is 2.72. The molecule has 0 spiro atoms. The van der Waals surface area contributed by atoms with Crippen LogP contribution >= 0.6 is 0 Å². The van der Waals surface area contributed by atoms with Crippen molar-refractivity contribution in [2.45, 2.75) is 24.8 Å². The monoisotopic (exact) mass is 249 g/mol. The van der Waals surface area contributed by atoms with E-state index < -0.39 is 0 Å². The maximum atomic E-state index is 2.63. The van der Waals surface area contributed by atoms with E-state index in [9.17, 15) is 0 Å². The van der Waals surface area contributed by atoms with E-state index in [1.165, 1.54) is 25.1 Å². The van der Waals surface area contributed by atoms with Gasteiger partial charge in [0.15, 0.2) is 0 Å². The molecule has 2 aromatic rings. The van der Waals surface area contributed by atoms with Crippen LogP contribution in [0.15, 0.2) is 54.6 Å². The standard InChI is InChI=1S/C18H19N/c1-2-6-14(7-3-1)11-19-12-15-10-16(13-19)18-9-5-4-8-17(15)18/h1-9,15-16H,10-13H2/t15-,16+. The van der Waals surface area contributed by atoms with Gasteiger partial charge >= 0.3 is 0 Å². The molecule has 96 valence electrons. The fourth-order valence-corrected chi connectivity index (χ4v) is 3.87. The first-order valence-corrected chi connectivity index (χ1v) is 7.25. The fraction of sp³-hybridized carbons (Fsp3) is 0.333. The lowest BCUT2D eigenvalue weighted by Gasteiger charge is -2.32. The third kappa shape index (κ3) is 1.98. The fourth-order valence-electron chi connectivity index (χ4n) is 3.87. The number of rotatable bonds is 2. The molecule has 1 aliphatic carbocycles. The third-order valence-electron chi connectivity index (χ3n) is 4.65. The van der Waals surface area contributed by atoms with Gasteiger partial charge in [0.25, 0.3) is 0 Å². The van der Waals surface area contributed by atoms with E-state index in [-0.39, 0.29) is 0 Å². The largest absolute Gasteiger partial charge is 0.298 e. The molecule has 1 aliphatic heterocycles. The van der Waals surface area contributed by atoms with Crippen molar-refractivity contribution >= 4 is 0 Å². The van der Waals surface area contributed by atoms with Crippen LogP contribution < -0.4 is 0 Å². The number of piperidine rings is 1. The molecule has 2 bridgehead atoms. The zero-order valence-corrected chi connectivity index (χ0v) is 11.1. The van der Waals surface area contributed by atoms with Crippen LogP contribution in [0.3, 0.4) is 0 Å².